The van der Waals surface area contributed by atoms with E-state index >= 15 is 0 Å². The Morgan fingerprint density at radius 1 is 0.842 bits per heavy atom. The van der Waals surface area contributed by atoms with Gasteiger partial charge in [0.25, 0.3) is 0 Å². The molecule has 0 atom stereocenters. The van der Waals surface area contributed by atoms with Gasteiger partial charge in [-0.05, 0) is 39.6 Å². The van der Waals surface area contributed by atoms with Gasteiger partial charge in [-0.2, -0.15) is 0 Å². The first kappa shape index (κ1) is 11.9. The molecule has 0 heterocycles. The lowest BCUT2D eigenvalue weighted by molar-refractivity contribution is 0.625. The first-order valence-corrected chi connectivity index (χ1v) is 6.26. The van der Waals surface area contributed by atoms with Gasteiger partial charge in [-0.15, -0.1) is 0 Å². The third-order valence-corrected chi connectivity index (χ3v) is 3.37. The normalized spacial score (nSPS) is 10.8. The third-order valence-electron chi connectivity index (χ3n) is 3.37. The van der Waals surface area contributed by atoms with Gasteiger partial charge in [0.2, 0.25) is 0 Å². The number of halogens is 1. The zero-order chi connectivity index (χ0) is 13.2. The number of fused-ring (bicyclic) bond motifs is 1. The Balaban J connectivity index is 2.30. The van der Waals surface area contributed by atoms with Gasteiger partial charge in [0, 0.05) is 6.54 Å². The summed E-state index contributed by atoms with van der Waals surface area (Å²) in [6, 6.07) is 19.1. The van der Waals surface area contributed by atoms with E-state index in [0.717, 1.165) is 22.1 Å². The fourth-order valence-corrected chi connectivity index (χ4v) is 2.45. The summed E-state index contributed by atoms with van der Waals surface area (Å²) in [5.41, 5.74) is 8.66. The monoisotopic (exact) mass is 251 g/mol. The minimum absolute atomic E-state index is 0.246. The maximum Gasteiger partial charge on any atom is 0.123 e. The zero-order valence-electron chi connectivity index (χ0n) is 10.4. The third kappa shape index (κ3) is 2.11. The fraction of sp³-hybridized carbons (Fsp3) is 0.0588. The van der Waals surface area contributed by atoms with Crippen molar-refractivity contribution in [1.29, 1.82) is 0 Å². The van der Waals surface area contributed by atoms with Crippen LogP contribution in [0.1, 0.15) is 5.56 Å². The lowest BCUT2D eigenvalue weighted by Gasteiger charge is -2.11. The molecule has 2 heteroatoms. The molecule has 0 spiro atoms. The molecule has 0 aromatic heterocycles. The highest BCUT2D eigenvalue weighted by atomic mass is 19.1. The zero-order valence-corrected chi connectivity index (χ0v) is 10.4. The Hall–Kier alpha value is -2.19. The van der Waals surface area contributed by atoms with Crippen LogP contribution in [0, 0.1) is 5.82 Å². The highest BCUT2D eigenvalue weighted by molar-refractivity contribution is 5.97. The molecule has 19 heavy (non-hydrogen) atoms. The van der Waals surface area contributed by atoms with Crippen molar-refractivity contribution in [2.75, 3.05) is 0 Å². The van der Waals surface area contributed by atoms with E-state index in [1.165, 1.54) is 17.5 Å². The molecular weight excluding hydrogens is 237 g/mol. The summed E-state index contributed by atoms with van der Waals surface area (Å²) in [5.74, 6) is -0.246. The van der Waals surface area contributed by atoms with Gasteiger partial charge in [0.15, 0.2) is 0 Å². The van der Waals surface area contributed by atoms with E-state index < -0.39 is 0 Å². The number of rotatable bonds is 2. The molecule has 3 aromatic carbocycles. The number of benzene rings is 3. The predicted molar refractivity (Wildman–Crippen MR) is 77.2 cm³/mol. The summed E-state index contributed by atoms with van der Waals surface area (Å²) in [4.78, 5) is 0. The second kappa shape index (κ2) is 4.82. The Morgan fingerprint density at radius 3 is 2.47 bits per heavy atom. The van der Waals surface area contributed by atoms with Gasteiger partial charge in [-0.3, -0.25) is 0 Å². The topological polar surface area (TPSA) is 26.0 Å². The minimum atomic E-state index is -0.246. The van der Waals surface area contributed by atoms with Gasteiger partial charge in [-0.25, -0.2) is 4.39 Å². The van der Waals surface area contributed by atoms with E-state index in [9.17, 15) is 4.39 Å². The van der Waals surface area contributed by atoms with E-state index in [-0.39, 0.29) is 5.82 Å². The van der Waals surface area contributed by atoms with Crippen molar-refractivity contribution in [3.63, 3.8) is 0 Å². The molecule has 94 valence electrons. The van der Waals surface area contributed by atoms with E-state index in [0.29, 0.717) is 6.54 Å². The van der Waals surface area contributed by atoms with Gasteiger partial charge in [0.05, 0.1) is 0 Å². The van der Waals surface area contributed by atoms with Crippen molar-refractivity contribution in [2.45, 2.75) is 6.54 Å². The van der Waals surface area contributed by atoms with E-state index in [1.54, 1.807) is 6.07 Å². The lowest BCUT2D eigenvalue weighted by atomic mass is 9.94. The van der Waals surface area contributed by atoms with Crippen LogP contribution in [0.2, 0.25) is 0 Å². The first-order chi connectivity index (χ1) is 9.29. The molecule has 0 unspecified atom stereocenters. The minimum Gasteiger partial charge on any atom is -0.326 e. The van der Waals surface area contributed by atoms with Gasteiger partial charge < -0.3 is 5.73 Å². The van der Waals surface area contributed by atoms with Crippen molar-refractivity contribution in [1.82, 2.24) is 0 Å². The van der Waals surface area contributed by atoms with Crippen LogP contribution in [0.25, 0.3) is 21.9 Å². The number of nitrogens with two attached hydrogens (primary N) is 1. The molecule has 0 radical (unpaired) electrons. The highest BCUT2D eigenvalue weighted by Crippen LogP contribution is 2.31. The molecule has 2 N–H and O–H groups in total. The number of hydrogen-bond donors (Lipinski definition) is 1. The Morgan fingerprint density at radius 2 is 1.63 bits per heavy atom. The molecular formula is C17H14FN. The molecule has 0 aliphatic heterocycles. The van der Waals surface area contributed by atoms with Gasteiger partial charge in [0.1, 0.15) is 5.82 Å². The maximum atomic E-state index is 13.3. The largest absolute Gasteiger partial charge is 0.326 e. The van der Waals surface area contributed by atoms with E-state index in [2.05, 4.69) is 24.3 Å². The molecule has 0 aliphatic rings. The molecule has 3 aromatic rings. The van der Waals surface area contributed by atoms with Crippen LogP contribution in [0.4, 0.5) is 4.39 Å². The summed E-state index contributed by atoms with van der Waals surface area (Å²) in [6.07, 6.45) is 0. The molecule has 0 saturated carbocycles. The van der Waals surface area contributed by atoms with Crippen LogP contribution < -0.4 is 5.73 Å². The smallest absolute Gasteiger partial charge is 0.123 e. The van der Waals surface area contributed by atoms with Crippen molar-refractivity contribution in [3.05, 3.63) is 72.0 Å². The molecule has 0 bridgehead atoms. The number of hydrogen-bond acceptors (Lipinski definition) is 1. The summed E-state index contributed by atoms with van der Waals surface area (Å²) < 4.78 is 13.3. The maximum absolute atomic E-state index is 13.3. The van der Waals surface area contributed by atoms with Crippen LogP contribution in [0.3, 0.4) is 0 Å². The Labute approximate surface area is 111 Å². The quantitative estimate of drug-likeness (QED) is 0.729. The molecule has 0 saturated heterocycles. The van der Waals surface area contributed by atoms with Crippen molar-refractivity contribution < 1.29 is 4.39 Å². The first-order valence-electron chi connectivity index (χ1n) is 6.26. The highest BCUT2D eigenvalue weighted by Gasteiger charge is 2.08. The standard InChI is InChI=1S/C17H14FN/c18-14-8-9-16(13(10-14)11-19)17-7-3-5-12-4-1-2-6-15(12)17/h1-10H,11,19H2. The van der Waals surface area contributed by atoms with Crippen LogP contribution in [0.5, 0.6) is 0 Å². The summed E-state index contributed by atoms with van der Waals surface area (Å²) in [5, 5.41) is 2.33. The average molecular weight is 251 g/mol. The SMILES string of the molecule is NCc1cc(F)ccc1-c1cccc2ccccc12. The van der Waals surface area contributed by atoms with Crippen molar-refractivity contribution in [3.8, 4) is 11.1 Å². The van der Waals surface area contributed by atoms with Gasteiger partial charge >= 0.3 is 0 Å². The lowest BCUT2D eigenvalue weighted by Crippen LogP contribution is -2.00. The van der Waals surface area contributed by atoms with Crippen LogP contribution in [0.15, 0.2) is 60.7 Å². The van der Waals surface area contributed by atoms with Crippen LogP contribution in [-0.4, -0.2) is 0 Å². The van der Waals surface area contributed by atoms with Crippen molar-refractivity contribution in [2.24, 2.45) is 5.73 Å². The fourth-order valence-electron chi connectivity index (χ4n) is 2.45. The molecule has 1 nitrogen and oxygen atoms in total. The average Bonchev–Trinajstić information content (AvgIpc) is 2.46. The van der Waals surface area contributed by atoms with Gasteiger partial charge in [-0.1, -0.05) is 48.5 Å². The van der Waals surface area contributed by atoms with E-state index in [4.69, 9.17) is 5.73 Å². The molecule has 3 rings (SSSR count). The van der Waals surface area contributed by atoms with Crippen LogP contribution in [-0.2, 0) is 6.54 Å². The molecule has 0 aliphatic carbocycles. The Bertz CT molecular complexity index is 729. The van der Waals surface area contributed by atoms with Crippen molar-refractivity contribution >= 4 is 10.8 Å². The second-order valence-corrected chi connectivity index (χ2v) is 4.53. The van der Waals surface area contributed by atoms with E-state index in [1.807, 2.05) is 18.2 Å². The summed E-state index contributed by atoms with van der Waals surface area (Å²) in [7, 11) is 0. The Kier molecular flexibility index (Phi) is 3.02. The second-order valence-electron chi connectivity index (χ2n) is 4.53. The molecule has 0 fully saturated rings. The van der Waals surface area contributed by atoms with Crippen LogP contribution >= 0.6 is 0 Å². The summed E-state index contributed by atoms with van der Waals surface area (Å²) in [6.45, 7) is 0.330. The predicted octanol–water partition coefficient (Wildman–Crippen LogP) is 4.10. The summed E-state index contributed by atoms with van der Waals surface area (Å²) >= 11 is 0. The molecule has 0 amide bonds.